The number of carbonyl (C=O) groups is 2. The fourth-order valence-corrected chi connectivity index (χ4v) is 3.61. The van der Waals surface area contributed by atoms with Crippen LogP contribution in [-0.4, -0.2) is 29.6 Å². The van der Waals surface area contributed by atoms with Crippen molar-refractivity contribution in [2.24, 2.45) is 11.8 Å². The van der Waals surface area contributed by atoms with E-state index < -0.39 is 0 Å². The first-order valence-corrected chi connectivity index (χ1v) is 8.73. The molecule has 0 saturated heterocycles. The maximum absolute atomic E-state index is 12.4. The molecule has 2 aliphatic rings. The summed E-state index contributed by atoms with van der Waals surface area (Å²) < 4.78 is 0. The zero-order valence-electron chi connectivity index (χ0n) is 12.7. The Labute approximate surface area is 134 Å². The van der Waals surface area contributed by atoms with Gasteiger partial charge in [-0.05, 0) is 56.6 Å². The van der Waals surface area contributed by atoms with E-state index in [1.165, 1.54) is 11.3 Å². The van der Waals surface area contributed by atoms with Crippen LogP contribution in [0.25, 0.3) is 0 Å². The Morgan fingerprint density at radius 3 is 2.68 bits per heavy atom. The van der Waals surface area contributed by atoms with Crippen LogP contribution in [-0.2, 0) is 4.79 Å². The number of amides is 2. The molecule has 1 heterocycles. The quantitative estimate of drug-likeness (QED) is 0.721. The number of carbonyl (C=O) groups excluding carboxylic acids is 2. The lowest BCUT2D eigenvalue weighted by molar-refractivity contribution is -0.117. The van der Waals surface area contributed by atoms with Crippen molar-refractivity contribution in [2.75, 3.05) is 11.9 Å². The van der Waals surface area contributed by atoms with Gasteiger partial charge >= 0.3 is 0 Å². The average molecular weight is 322 g/mol. The molecule has 2 aliphatic carbocycles. The monoisotopic (exact) mass is 322 g/mol. The molecule has 1 atom stereocenters. The molecule has 0 radical (unpaired) electrons. The molecule has 0 bridgehead atoms. The maximum atomic E-state index is 12.4. The molecule has 22 heavy (non-hydrogen) atoms. The largest absolute Gasteiger partial charge is 0.396 e. The Morgan fingerprint density at radius 1 is 1.36 bits per heavy atom. The van der Waals surface area contributed by atoms with E-state index in [0.717, 1.165) is 36.2 Å². The van der Waals surface area contributed by atoms with E-state index in [-0.39, 0.29) is 30.4 Å². The van der Waals surface area contributed by atoms with E-state index in [1.807, 2.05) is 13.0 Å². The van der Waals surface area contributed by atoms with Gasteiger partial charge in [-0.15, -0.1) is 11.3 Å². The fourth-order valence-electron chi connectivity index (χ4n) is 2.64. The lowest BCUT2D eigenvalue weighted by Gasteiger charge is -2.16. The number of thiophene rings is 1. The third-order valence-electron chi connectivity index (χ3n) is 4.27. The van der Waals surface area contributed by atoms with Gasteiger partial charge in [0, 0.05) is 18.6 Å². The molecule has 1 aromatic rings. The molecule has 0 spiro atoms. The number of aliphatic hydroxyl groups is 1. The van der Waals surface area contributed by atoms with Crippen molar-refractivity contribution in [3.8, 4) is 0 Å². The van der Waals surface area contributed by atoms with E-state index in [0.29, 0.717) is 17.2 Å². The third kappa shape index (κ3) is 3.67. The maximum Gasteiger partial charge on any atom is 0.261 e. The van der Waals surface area contributed by atoms with Crippen molar-refractivity contribution in [1.82, 2.24) is 5.32 Å². The van der Waals surface area contributed by atoms with Gasteiger partial charge in [-0.25, -0.2) is 0 Å². The van der Waals surface area contributed by atoms with E-state index in [2.05, 4.69) is 10.6 Å². The highest BCUT2D eigenvalue weighted by molar-refractivity contribution is 7.18. The topological polar surface area (TPSA) is 78.4 Å². The first kappa shape index (κ1) is 15.5. The van der Waals surface area contributed by atoms with Gasteiger partial charge in [0.25, 0.3) is 5.91 Å². The molecule has 0 aromatic carbocycles. The smallest absolute Gasteiger partial charge is 0.261 e. The molecule has 2 fully saturated rings. The van der Waals surface area contributed by atoms with E-state index in [1.54, 1.807) is 0 Å². The number of aliphatic hydroxyl groups excluding tert-OH is 1. The molecule has 5 nitrogen and oxygen atoms in total. The summed E-state index contributed by atoms with van der Waals surface area (Å²) in [7, 11) is 0. The summed E-state index contributed by atoms with van der Waals surface area (Å²) in [6.45, 7) is 1.98. The number of rotatable bonds is 7. The standard InChI is InChI=1S/C16H22N2O3S/c1-9-8-13(18-15(20)11-4-5-11)22-14(9)16(21)17-12(6-7-19)10-2-3-10/h8,10-12,19H,2-7H2,1H3,(H,17,21)(H,18,20). The second-order valence-corrected chi connectivity index (χ2v) is 7.37. The zero-order valence-corrected chi connectivity index (χ0v) is 13.5. The van der Waals surface area contributed by atoms with Crippen molar-refractivity contribution < 1.29 is 14.7 Å². The third-order valence-corrected chi connectivity index (χ3v) is 5.42. The first-order chi connectivity index (χ1) is 10.6. The van der Waals surface area contributed by atoms with Crippen LogP contribution in [0, 0.1) is 18.8 Å². The summed E-state index contributed by atoms with van der Waals surface area (Å²) in [4.78, 5) is 24.9. The molecule has 6 heteroatoms. The SMILES string of the molecule is Cc1cc(NC(=O)C2CC2)sc1C(=O)NC(CCO)C1CC1. The van der Waals surface area contributed by atoms with Crippen molar-refractivity contribution in [2.45, 2.75) is 45.1 Å². The van der Waals surface area contributed by atoms with Gasteiger partial charge in [-0.1, -0.05) is 0 Å². The van der Waals surface area contributed by atoms with Gasteiger partial charge < -0.3 is 15.7 Å². The number of anilines is 1. The minimum Gasteiger partial charge on any atom is -0.396 e. The minimum atomic E-state index is -0.0974. The molecule has 120 valence electrons. The highest BCUT2D eigenvalue weighted by Crippen LogP contribution is 2.35. The average Bonchev–Trinajstić information content (AvgIpc) is 3.37. The van der Waals surface area contributed by atoms with Crippen LogP contribution >= 0.6 is 11.3 Å². The number of aryl methyl sites for hydroxylation is 1. The predicted molar refractivity (Wildman–Crippen MR) is 86.1 cm³/mol. The van der Waals surface area contributed by atoms with E-state index in [9.17, 15) is 9.59 Å². The molecule has 2 saturated carbocycles. The van der Waals surface area contributed by atoms with Gasteiger partial charge in [-0.3, -0.25) is 9.59 Å². The number of hydrogen-bond donors (Lipinski definition) is 3. The van der Waals surface area contributed by atoms with Crippen molar-refractivity contribution in [3.63, 3.8) is 0 Å². The summed E-state index contributed by atoms with van der Waals surface area (Å²) >= 11 is 1.33. The number of nitrogens with one attached hydrogen (secondary N) is 2. The van der Waals surface area contributed by atoms with Crippen molar-refractivity contribution in [3.05, 3.63) is 16.5 Å². The molecular weight excluding hydrogens is 300 g/mol. The highest BCUT2D eigenvalue weighted by Gasteiger charge is 2.33. The number of hydrogen-bond acceptors (Lipinski definition) is 4. The summed E-state index contributed by atoms with van der Waals surface area (Å²) in [6.07, 6.45) is 4.78. The van der Waals surface area contributed by atoms with Gasteiger partial charge in [0.1, 0.15) is 0 Å². The summed E-state index contributed by atoms with van der Waals surface area (Å²) in [5, 5.41) is 15.8. The minimum absolute atomic E-state index is 0.0588. The molecule has 1 unspecified atom stereocenters. The van der Waals surface area contributed by atoms with E-state index in [4.69, 9.17) is 5.11 Å². The molecule has 3 N–H and O–H groups in total. The van der Waals surface area contributed by atoms with Crippen LogP contribution in [0.4, 0.5) is 5.00 Å². The second-order valence-electron chi connectivity index (χ2n) is 6.32. The molecule has 0 aliphatic heterocycles. The lowest BCUT2D eigenvalue weighted by atomic mass is 10.1. The van der Waals surface area contributed by atoms with Crippen LogP contribution < -0.4 is 10.6 Å². The van der Waals surface area contributed by atoms with Crippen molar-refractivity contribution in [1.29, 1.82) is 0 Å². The van der Waals surface area contributed by atoms with Gasteiger partial charge in [-0.2, -0.15) is 0 Å². The summed E-state index contributed by atoms with van der Waals surface area (Å²) in [5.74, 6) is 0.623. The Hall–Kier alpha value is -1.40. The van der Waals surface area contributed by atoms with Crippen LogP contribution in [0.1, 0.15) is 47.3 Å². The normalized spacial score (nSPS) is 18.8. The summed E-state index contributed by atoms with van der Waals surface area (Å²) in [5.41, 5.74) is 0.882. The first-order valence-electron chi connectivity index (χ1n) is 7.91. The van der Waals surface area contributed by atoms with Gasteiger partial charge in [0.15, 0.2) is 0 Å². The zero-order chi connectivity index (χ0) is 15.7. The van der Waals surface area contributed by atoms with Gasteiger partial charge in [0.05, 0.1) is 9.88 Å². The fraction of sp³-hybridized carbons (Fsp3) is 0.625. The van der Waals surface area contributed by atoms with Gasteiger partial charge in [0.2, 0.25) is 5.91 Å². The van der Waals surface area contributed by atoms with Crippen LogP contribution in [0.3, 0.4) is 0 Å². The van der Waals surface area contributed by atoms with Crippen LogP contribution in [0.15, 0.2) is 6.07 Å². The molecule has 1 aromatic heterocycles. The Kier molecular flexibility index (Phi) is 4.49. The van der Waals surface area contributed by atoms with Crippen molar-refractivity contribution >= 4 is 28.2 Å². The predicted octanol–water partition coefficient (Wildman–Crippen LogP) is 2.30. The molecular formula is C16H22N2O3S. The highest BCUT2D eigenvalue weighted by atomic mass is 32.1. The Bertz CT molecular complexity index is 576. The molecule has 3 rings (SSSR count). The Morgan fingerprint density at radius 2 is 2.09 bits per heavy atom. The molecule has 2 amide bonds. The van der Waals surface area contributed by atoms with E-state index >= 15 is 0 Å². The summed E-state index contributed by atoms with van der Waals surface area (Å²) in [6, 6.07) is 1.92. The second kappa shape index (κ2) is 6.38. The Balaban J connectivity index is 1.63. The van der Waals surface area contributed by atoms with Crippen LogP contribution in [0.5, 0.6) is 0 Å². The lowest BCUT2D eigenvalue weighted by Crippen LogP contribution is -2.37. The van der Waals surface area contributed by atoms with Crippen LogP contribution in [0.2, 0.25) is 0 Å².